The monoisotopic (exact) mass is 310 g/mol. The van der Waals surface area contributed by atoms with Gasteiger partial charge in [-0.1, -0.05) is 12.1 Å². The highest BCUT2D eigenvalue weighted by atomic mass is 32.2. The molecule has 1 aromatic rings. The third-order valence-corrected chi connectivity index (χ3v) is 6.28. The zero-order valence-corrected chi connectivity index (χ0v) is 14.1. The van der Waals surface area contributed by atoms with E-state index in [4.69, 9.17) is 0 Å². The lowest BCUT2D eigenvalue weighted by Gasteiger charge is -2.29. The van der Waals surface area contributed by atoms with Gasteiger partial charge in [0.2, 0.25) is 10.0 Å². The molecule has 1 aliphatic heterocycles. The summed E-state index contributed by atoms with van der Waals surface area (Å²) in [7, 11) is -1.54. The Hall–Kier alpha value is -1.07. The van der Waals surface area contributed by atoms with E-state index in [1.807, 2.05) is 12.1 Å². The van der Waals surface area contributed by atoms with Gasteiger partial charge in [0.15, 0.2) is 0 Å². The molecule has 1 heterocycles. The highest BCUT2D eigenvalue weighted by Gasteiger charge is 2.22. The van der Waals surface area contributed by atoms with Gasteiger partial charge in [0.1, 0.15) is 0 Å². The van der Waals surface area contributed by atoms with Crippen LogP contribution in [-0.2, 0) is 16.6 Å². The van der Waals surface area contributed by atoms with E-state index in [1.165, 1.54) is 29.3 Å². The van der Waals surface area contributed by atoms with Crippen molar-refractivity contribution in [3.05, 3.63) is 29.8 Å². The molecule has 0 bridgehead atoms. The summed E-state index contributed by atoms with van der Waals surface area (Å²) in [6.07, 6.45) is 3.85. The van der Waals surface area contributed by atoms with Gasteiger partial charge in [-0.2, -0.15) is 0 Å². The first-order valence-electron chi connectivity index (χ1n) is 7.70. The van der Waals surface area contributed by atoms with Gasteiger partial charge in [-0.25, -0.2) is 12.7 Å². The fourth-order valence-corrected chi connectivity index (χ4v) is 3.72. The van der Waals surface area contributed by atoms with Crippen molar-refractivity contribution < 1.29 is 8.42 Å². The fraction of sp³-hybridized carbons (Fsp3) is 0.625. The van der Waals surface area contributed by atoms with Crippen LogP contribution in [0.2, 0.25) is 0 Å². The van der Waals surface area contributed by atoms with Crippen LogP contribution < -0.4 is 4.90 Å². The molecule has 4 nitrogen and oxygen atoms in total. The molecule has 0 amide bonds. The van der Waals surface area contributed by atoms with Crippen molar-refractivity contribution in [2.24, 2.45) is 0 Å². The van der Waals surface area contributed by atoms with Crippen LogP contribution in [0.1, 0.15) is 38.7 Å². The van der Waals surface area contributed by atoms with Gasteiger partial charge in [-0.3, -0.25) is 0 Å². The Bertz CT molecular complexity index is 546. The molecule has 0 spiro atoms. The molecular weight excluding hydrogens is 284 g/mol. The van der Waals surface area contributed by atoms with E-state index < -0.39 is 10.0 Å². The summed E-state index contributed by atoms with van der Waals surface area (Å²) in [6.45, 7) is 6.11. The minimum Gasteiger partial charge on any atom is -0.372 e. The van der Waals surface area contributed by atoms with E-state index in [9.17, 15) is 8.42 Å². The number of hydrogen-bond donors (Lipinski definition) is 0. The van der Waals surface area contributed by atoms with Gasteiger partial charge in [0, 0.05) is 32.4 Å². The summed E-state index contributed by atoms with van der Waals surface area (Å²) in [5.41, 5.74) is 2.27. The summed E-state index contributed by atoms with van der Waals surface area (Å²) in [5.74, 6) is 0. The van der Waals surface area contributed by atoms with Gasteiger partial charge in [-0.15, -0.1) is 0 Å². The molecule has 0 aliphatic carbocycles. The molecule has 0 aromatic heterocycles. The molecule has 0 atom stereocenters. The van der Waals surface area contributed by atoms with Crippen LogP contribution in [0.5, 0.6) is 0 Å². The first-order valence-corrected chi connectivity index (χ1v) is 9.20. The van der Waals surface area contributed by atoms with E-state index in [-0.39, 0.29) is 5.25 Å². The number of sulfonamides is 1. The summed E-state index contributed by atoms with van der Waals surface area (Å²) >= 11 is 0. The second-order valence-corrected chi connectivity index (χ2v) is 8.66. The van der Waals surface area contributed by atoms with Crippen LogP contribution in [0.3, 0.4) is 0 Å². The second kappa shape index (κ2) is 6.79. The number of nitrogens with zero attached hydrogens (tertiary/aromatic N) is 2. The molecule has 5 heteroatoms. The van der Waals surface area contributed by atoms with Crippen LogP contribution in [0.4, 0.5) is 5.69 Å². The second-order valence-electron chi connectivity index (χ2n) is 6.06. The molecule has 0 N–H and O–H groups in total. The number of benzene rings is 1. The smallest absolute Gasteiger partial charge is 0.216 e. The topological polar surface area (TPSA) is 40.6 Å². The van der Waals surface area contributed by atoms with Crippen molar-refractivity contribution in [1.82, 2.24) is 4.31 Å². The first kappa shape index (κ1) is 16.3. The Balaban J connectivity index is 2.02. The highest BCUT2D eigenvalue weighted by molar-refractivity contribution is 7.89. The van der Waals surface area contributed by atoms with Crippen LogP contribution in [0.25, 0.3) is 0 Å². The van der Waals surface area contributed by atoms with E-state index in [0.29, 0.717) is 6.54 Å². The van der Waals surface area contributed by atoms with Crippen LogP contribution in [0.15, 0.2) is 24.3 Å². The average molecular weight is 310 g/mol. The van der Waals surface area contributed by atoms with Gasteiger partial charge in [-0.05, 0) is 50.8 Å². The summed E-state index contributed by atoms with van der Waals surface area (Å²) in [5, 5.41) is -0.380. The lowest BCUT2D eigenvalue weighted by molar-refractivity contribution is 0.459. The van der Waals surface area contributed by atoms with Crippen molar-refractivity contribution >= 4 is 15.7 Å². The molecule has 1 aliphatic rings. The average Bonchev–Trinajstić information content (AvgIpc) is 2.48. The first-order chi connectivity index (χ1) is 9.91. The van der Waals surface area contributed by atoms with E-state index in [0.717, 1.165) is 18.7 Å². The Morgan fingerprint density at radius 2 is 1.67 bits per heavy atom. The number of rotatable bonds is 5. The fourth-order valence-electron chi connectivity index (χ4n) is 2.67. The molecule has 0 radical (unpaired) electrons. The van der Waals surface area contributed by atoms with Crippen LogP contribution >= 0.6 is 0 Å². The zero-order chi connectivity index (χ0) is 15.5. The molecule has 0 saturated carbocycles. The van der Waals surface area contributed by atoms with Crippen molar-refractivity contribution in [2.45, 2.75) is 44.9 Å². The maximum atomic E-state index is 12.1. The molecule has 2 rings (SSSR count). The normalized spacial score (nSPS) is 16.7. The Kier molecular flexibility index (Phi) is 5.27. The molecule has 21 heavy (non-hydrogen) atoms. The van der Waals surface area contributed by atoms with E-state index >= 15 is 0 Å². The van der Waals surface area contributed by atoms with Gasteiger partial charge >= 0.3 is 0 Å². The summed E-state index contributed by atoms with van der Waals surface area (Å²) in [6, 6.07) is 8.29. The largest absolute Gasteiger partial charge is 0.372 e. The van der Waals surface area contributed by atoms with Crippen molar-refractivity contribution in [3.63, 3.8) is 0 Å². The quantitative estimate of drug-likeness (QED) is 0.839. The van der Waals surface area contributed by atoms with E-state index in [2.05, 4.69) is 17.0 Å². The lowest BCUT2D eigenvalue weighted by atomic mass is 10.1. The number of hydrogen-bond acceptors (Lipinski definition) is 3. The maximum absolute atomic E-state index is 12.1. The lowest BCUT2D eigenvalue weighted by Crippen LogP contribution is -2.32. The summed E-state index contributed by atoms with van der Waals surface area (Å²) < 4.78 is 25.6. The van der Waals surface area contributed by atoms with Gasteiger partial charge in [0.25, 0.3) is 0 Å². The highest BCUT2D eigenvalue weighted by Crippen LogP contribution is 2.21. The number of anilines is 1. The Morgan fingerprint density at radius 3 is 2.19 bits per heavy atom. The molecule has 1 aromatic carbocycles. The third kappa shape index (κ3) is 3.98. The minimum absolute atomic E-state index is 0.380. The standard InChI is InChI=1S/C16H26N2O2S/c1-14(2)21(19,20)17(3)13-15-7-9-16(10-8-15)18-11-5-4-6-12-18/h7-10,14H,4-6,11-13H2,1-3H3. The summed E-state index contributed by atoms with van der Waals surface area (Å²) in [4.78, 5) is 2.40. The van der Waals surface area contributed by atoms with Gasteiger partial charge < -0.3 is 4.90 Å². The minimum atomic E-state index is -3.18. The predicted molar refractivity (Wildman–Crippen MR) is 88.0 cm³/mol. The predicted octanol–water partition coefficient (Wildman–Crippen LogP) is 2.85. The Labute approximate surface area is 128 Å². The van der Waals surface area contributed by atoms with Crippen LogP contribution in [-0.4, -0.2) is 38.1 Å². The third-order valence-electron chi connectivity index (χ3n) is 4.09. The Morgan fingerprint density at radius 1 is 1.10 bits per heavy atom. The molecule has 1 saturated heterocycles. The van der Waals surface area contributed by atoms with Crippen LogP contribution in [0, 0.1) is 0 Å². The van der Waals surface area contributed by atoms with Crippen molar-refractivity contribution in [3.8, 4) is 0 Å². The SMILES string of the molecule is CC(C)S(=O)(=O)N(C)Cc1ccc(N2CCCCC2)cc1. The van der Waals surface area contributed by atoms with Crippen molar-refractivity contribution in [2.75, 3.05) is 25.0 Å². The molecule has 1 fully saturated rings. The molecule has 0 unspecified atom stereocenters. The maximum Gasteiger partial charge on any atom is 0.216 e. The van der Waals surface area contributed by atoms with Crippen molar-refractivity contribution in [1.29, 1.82) is 0 Å². The molecule has 118 valence electrons. The number of piperidine rings is 1. The zero-order valence-electron chi connectivity index (χ0n) is 13.2. The van der Waals surface area contributed by atoms with E-state index in [1.54, 1.807) is 20.9 Å². The molecular formula is C16H26N2O2S. The van der Waals surface area contributed by atoms with Gasteiger partial charge in [0.05, 0.1) is 5.25 Å².